The van der Waals surface area contributed by atoms with Gasteiger partial charge in [0.15, 0.2) is 0 Å². The Bertz CT molecular complexity index is 803. The molecule has 6 nitrogen and oxygen atoms in total. The monoisotopic (exact) mass is 431 g/mol. The molecule has 1 fully saturated rings. The number of halogens is 1. The van der Waals surface area contributed by atoms with Crippen molar-refractivity contribution in [2.45, 2.75) is 77.2 Å². The predicted octanol–water partition coefficient (Wildman–Crippen LogP) is 2.71. The Balaban J connectivity index is 0.00000392. The molecule has 4 N–H and O–H groups in total. The van der Waals surface area contributed by atoms with Crippen LogP contribution in [0, 0.1) is 34.6 Å². The first-order valence-corrected chi connectivity index (χ1v) is 11.1. The van der Waals surface area contributed by atoms with Gasteiger partial charge in [0.2, 0.25) is 15.9 Å². The summed E-state index contributed by atoms with van der Waals surface area (Å²) in [5, 5.41) is 3.02. The number of hydrogen-bond donors (Lipinski definition) is 3. The smallest absolute Gasteiger partial charge is 0.241 e. The van der Waals surface area contributed by atoms with Crippen molar-refractivity contribution < 1.29 is 13.2 Å². The summed E-state index contributed by atoms with van der Waals surface area (Å²) < 4.78 is 28.3. The van der Waals surface area contributed by atoms with E-state index in [-0.39, 0.29) is 36.8 Å². The lowest BCUT2D eigenvalue weighted by Crippen LogP contribution is -2.52. The van der Waals surface area contributed by atoms with Gasteiger partial charge in [-0.15, -0.1) is 12.4 Å². The van der Waals surface area contributed by atoms with Crippen LogP contribution >= 0.6 is 12.4 Å². The molecule has 0 aliphatic heterocycles. The van der Waals surface area contributed by atoms with E-state index in [2.05, 4.69) is 10.0 Å². The summed E-state index contributed by atoms with van der Waals surface area (Å²) in [7, 11) is -3.68. The van der Waals surface area contributed by atoms with E-state index in [0.29, 0.717) is 11.4 Å². The Hall–Kier alpha value is -1.15. The van der Waals surface area contributed by atoms with Gasteiger partial charge < -0.3 is 11.1 Å². The van der Waals surface area contributed by atoms with E-state index < -0.39 is 10.0 Å². The fraction of sp³-hybridized carbons (Fsp3) is 0.650. The quantitative estimate of drug-likeness (QED) is 0.617. The fourth-order valence-corrected chi connectivity index (χ4v) is 5.66. The molecule has 1 aromatic rings. The molecule has 1 saturated carbocycles. The molecule has 28 heavy (non-hydrogen) atoms. The van der Waals surface area contributed by atoms with Gasteiger partial charge in [0.05, 0.1) is 10.4 Å². The molecule has 1 amide bonds. The molecule has 0 heterocycles. The molecule has 0 unspecified atom stereocenters. The van der Waals surface area contributed by atoms with Crippen molar-refractivity contribution in [2.24, 2.45) is 5.73 Å². The van der Waals surface area contributed by atoms with Crippen molar-refractivity contribution in [3.8, 4) is 0 Å². The Morgan fingerprint density at radius 2 is 1.43 bits per heavy atom. The van der Waals surface area contributed by atoms with Gasteiger partial charge in [-0.25, -0.2) is 13.1 Å². The van der Waals surface area contributed by atoms with E-state index in [1.54, 1.807) is 0 Å². The van der Waals surface area contributed by atoms with Crippen molar-refractivity contribution in [3.63, 3.8) is 0 Å². The Kier molecular flexibility index (Phi) is 8.50. The molecule has 1 aromatic carbocycles. The standard InChI is InChI=1S/C20H33N3O3S.ClH/c1-13-14(2)16(4)19(17(5)15(13)3)27(25,26)22-11-8-18(24)23-20(12-21)9-6-7-10-20;/h22H,6-12,21H2,1-5H3,(H,23,24);1H. The number of hydrogen-bond acceptors (Lipinski definition) is 4. The minimum atomic E-state index is -3.68. The third kappa shape index (κ3) is 5.06. The van der Waals surface area contributed by atoms with Crippen LogP contribution in [0.3, 0.4) is 0 Å². The Labute approximate surface area is 175 Å². The lowest BCUT2D eigenvalue weighted by atomic mass is 9.95. The first kappa shape index (κ1) is 24.9. The van der Waals surface area contributed by atoms with Crippen molar-refractivity contribution in [2.75, 3.05) is 13.1 Å². The van der Waals surface area contributed by atoms with Crippen LogP contribution in [0.4, 0.5) is 0 Å². The maximum Gasteiger partial charge on any atom is 0.241 e. The van der Waals surface area contributed by atoms with Gasteiger partial charge in [-0.2, -0.15) is 0 Å². The van der Waals surface area contributed by atoms with Crippen LogP contribution in [-0.2, 0) is 14.8 Å². The minimum absolute atomic E-state index is 0. The number of nitrogens with two attached hydrogens (primary N) is 1. The number of amides is 1. The molecule has 8 heteroatoms. The molecule has 0 spiro atoms. The second-order valence-corrected chi connectivity index (χ2v) is 9.55. The van der Waals surface area contributed by atoms with Gasteiger partial charge in [0.1, 0.15) is 0 Å². The van der Waals surface area contributed by atoms with E-state index in [1.807, 2.05) is 34.6 Å². The Morgan fingerprint density at radius 3 is 1.89 bits per heavy atom. The van der Waals surface area contributed by atoms with Gasteiger partial charge in [0, 0.05) is 19.5 Å². The summed E-state index contributed by atoms with van der Waals surface area (Å²) >= 11 is 0. The molecule has 0 aromatic heterocycles. The molecular formula is C20H34ClN3O3S. The summed E-state index contributed by atoms with van der Waals surface area (Å²) in [5.41, 5.74) is 10.2. The van der Waals surface area contributed by atoms with E-state index in [0.717, 1.165) is 53.5 Å². The van der Waals surface area contributed by atoms with Crippen LogP contribution in [-0.4, -0.2) is 33.0 Å². The molecule has 0 bridgehead atoms. The zero-order valence-electron chi connectivity index (χ0n) is 17.6. The normalized spacial score (nSPS) is 15.9. The third-order valence-electron chi connectivity index (χ3n) is 6.20. The number of benzene rings is 1. The second kappa shape index (κ2) is 9.57. The summed E-state index contributed by atoms with van der Waals surface area (Å²) in [4.78, 5) is 12.6. The minimum Gasteiger partial charge on any atom is -0.349 e. The molecule has 2 rings (SSSR count). The lowest BCUT2D eigenvalue weighted by molar-refractivity contribution is -0.122. The second-order valence-electron chi connectivity index (χ2n) is 7.84. The first-order chi connectivity index (χ1) is 12.5. The van der Waals surface area contributed by atoms with E-state index in [4.69, 9.17) is 5.73 Å². The molecule has 0 atom stereocenters. The molecule has 1 aliphatic rings. The number of rotatable bonds is 7. The Morgan fingerprint density at radius 1 is 0.964 bits per heavy atom. The van der Waals surface area contributed by atoms with Crippen LogP contribution in [0.25, 0.3) is 0 Å². The average Bonchev–Trinajstić information content (AvgIpc) is 3.07. The van der Waals surface area contributed by atoms with Gasteiger partial charge in [0.25, 0.3) is 0 Å². The SMILES string of the molecule is Cc1c(C)c(C)c(S(=O)(=O)NCCC(=O)NC2(CN)CCCC2)c(C)c1C.Cl. The van der Waals surface area contributed by atoms with E-state index in [9.17, 15) is 13.2 Å². The highest BCUT2D eigenvalue weighted by Gasteiger charge is 2.33. The van der Waals surface area contributed by atoms with Gasteiger partial charge in [-0.1, -0.05) is 12.8 Å². The molecule has 0 saturated heterocycles. The van der Waals surface area contributed by atoms with Gasteiger partial charge in [-0.05, 0) is 75.3 Å². The highest BCUT2D eigenvalue weighted by Crippen LogP contribution is 2.30. The molecular weight excluding hydrogens is 398 g/mol. The zero-order valence-corrected chi connectivity index (χ0v) is 19.2. The predicted molar refractivity (Wildman–Crippen MR) is 116 cm³/mol. The van der Waals surface area contributed by atoms with Crippen LogP contribution in [0.1, 0.15) is 59.9 Å². The molecule has 0 radical (unpaired) electrons. The fourth-order valence-electron chi connectivity index (χ4n) is 4.03. The zero-order chi connectivity index (χ0) is 20.4. The summed E-state index contributed by atoms with van der Waals surface area (Å²) in [6.07, 6.45) is 4.01. The van der Waals surface area contributed by atoms with Crippen molar-refractivity contribution >= 4 is 28.3 Å². The number of sulfonamides is 1. The third-order valence-corrected chi connectivity index (χ3v) is 7.93. The summed E-state index contributed by atoms with van der Waals surface area (Å²) in [5.74, 6) is -0.158. The molecule has 160 valence electrons. The van der Waals surface area contributed by atoms with Crippen LogP contribution in [0.2, 0.25) is 0 Å². The van der Waals surface area contributed by atoms with Crippen molar-refractivity contribution in [3.05, 3.63) is 27.8 Å². The van der Waals surface area contributed by atoms with Crippen molar-refractivity contribution in [1.29, 1.82) is 0 Å². The van der Waals surface area contributed by atoms with Crippen molar-refractivity contribution in [1.82, 2.24) is 10.0 Å². The van der Waals surface area contributed by atoms with E-state index >= 15 is 0 Å². The number of carbonyl (C=O) groups is 1. The topological polar surface area (TPSA) is 101 Å². The van der Waals surface area contributed by atoms with Crippen LogP contribution in [0.15, 0.2) is 4.90 Å². The van der Waals surface area contributed by atoms with Gasteiger partial charge in [-0.3, -0.25) is 4.79 Å². The first-order valence-electron chi connectivity index (χ1n) is 9.62. The average molecular weight is 432 g/mol. The lowest BCUT2D eigenvalue weighted by Gasteiger charge is -2.28. The van der Waals surface area contributed by atoms with Gasteiger partial charge >= 0.3 is 0 Å². The maximum atomic E-state index is 12.9. The molecule has 1 aliphatic carbocycles. The number of carbonyl (C=O) groups excluding carboxylic acids is 1. The van der Waals surface area contributed by atoms with Crippen LogP contribution in [0.5, 0.6) is 0 Å². The highest BCUT2D eigenvalue weighted by molar-refractivity contribution is 7.89. The summed E-state index contributed by atoms with van der Waals surface area (Å²) in [6.45, 7) is 10.1. The number of nitrogens with one attached hydrogen (secondary N) is 2. The van der Waals surface area contributed by atoms with E-state index in [1.165, 1.54) is 0 Å². The van der Waals surface area contributed by atoms with Crippen LogP contribution < -0.4 is 15.8 Å². The largest absolute Gasteiger partial charge is 0.349 e. The highest BCUT2D eigenvalue weighted by atomic mass is 35.5. The summed E-state index contributed by atoms with van der Waals surface area (Å²) in [6, 6.07) is 0. The maximum absolute atomic E-state index is 12.9.